The summed E-state index contributed by atoms with van der Waals surface area (Å²) in [6, 6.07) is 14.0. The Hall–Kier alpha value is -3.46. The molecule has 1 fully saturated rings. The van der Waals surface area contributed by atoms with Gasteiger partial charge in [0.2, 0.25) is 17.7 Å². The van der Waals surface area contributed by atoms with Gasteiger partial charge in [0, 0.05) is 26.4 Å². The van der Waals surface area contributed by atoms with Gasteiger partial charge in [0.05, 0.1) is 0 Å². The van der Waals surface area contributed by atoms with Crippen molar-refractivity contribution in [2.24, 2.45) is 0 Å². The number of hydrogen-bond acceptors (Lipinski definition) is 5. The van der Waals surface area contributed by atoms with Gasteiger partial charge in [-0.25, -0.2) is 4.57 Å². The zero-order chi connectivity index (χ0) is 26.8. The van der Waals surface area contributed by atoms with Gasteiger partial charge in [-0.3, -0.25) is 24.2 Å². The lowest BCUT2D eigenvalue weighted by molar-refractivity contribution is -0.136. The first-order valence-corrected chi connectivity index (χ1v) is 13.6. The first-order valence-electron chi connectivity index (χ1n) is 12.0. The average Bonchev–Trinajstić information content (AvgIpc) is 3.00. The van der Waals surface area contributed by atoms with Crippen molar-refractivity contribution in [1.29, 1.82) is 0 Å². The number of phosphoric ester groups is 1. The van der Waals surface area contributed by atoms with Crippen molar-refractivity contribution >= 4 is 31.6 Å². The second-order valence-electron chi connectivity index (χ2n) is 8.84. The molecule has 0 aliphatic carbocycles. The molecule has 2 atom stereocenters. The van der Waals surface area contributed by atoms with Crippen LogP contribution in [0, 0.1) is 0 Å². The fraction of sp³-hybridized carbons (Fsp3) is 0.346. The fourth-order valence-electron chi connectivity index (χ4n) is 4.09. The molecule has 2 aromatic carbocycles. The summed E-state index contributed by atoms with van der Waals surface area (Å²) >= 11 is 0. The highest BCUT2D eigenvalue weighted by Crippen LogP contribution is 2.37. The molecule has 2 aromatic rings. The van der Waals surface area contributed by atoms with E-state index < -0.39 is 31.7 Å². The zero-order valence-electron chi connectivity index (χ0n) is 20.6. The van der Waals surface area contributed by atoms with E-state index in [2.05, 4.69) is 15.2 Å². The van der Waals surface area contributed by atoms with Crippen LogP contribution in [0.3, 0.4) is 0 Å². The third-order valence-electron chi connectivity index (χ3n) is 5.81. The number of amides is 3. The van der Waals surface area contributed by atoms with Crippen molar-refractivity contribution < 1.29 is 33.3 Å². The van der Waals surface area contributed by atoms with Gasteiger partial charge in [-0.1, -0.05) is 54.6 Å². The Morgan fingerprint density at radius 1 is 1.14 bits per heavy atom. The van der Waals surface area contributed by atoms with Gasteiger partial charge in [0.1, 0.15) is 17.8 Å². The summed E-state index contributed by atoms with van der Waals surface area (Å²) in [5.74, 6) is -1.07. The molecule has 3 amide bonds. The molecule has 1 saturated heterocycles. The van der Waals surface area contributed by atoms with E-state index >= 15 is 0 Å². The van der Waals surface area contributed by atoms with E-state index in [0.29, 0.717) is 25.1 Å². The van der Waals surface area contributed by atoms with Crippen LogP contribution in [0.4, 0.5) is 0 Å². The van der Waals surface area contributed by atoms with Gasteiger partial charge < -0.3 is 20.1 Å². The predicted molar refractivity (Wildman–Crippen MR) is 138 cm³/mol. The minimum atomic E-state index is -4.68. The van der Waals surface area contributed by atoms with Gasteiger partial charge in [-0.05, 0) is 42.5 Å². The summed E-state index contributed by atoms with van der Waals surface area (Å²) in [6.45, 7) is 2.33. The number of nitrogens with zero attached hydrogens (tertiary/aromatic N) is 1. The van der Waals surface area contributed by atoms with E-state index in [4.69, 9.17) is 9.79 Å². The number of likely N-dealkylation sites (tertiary alicyclic amines) is 1. The van der Waals surface area contributed by atoms with Crippen molar-refractivity contribution in [3.05, 3.63) is 71.8 Å². The second kappa shape index (κ2) is 13.2. The number of carbonyl (C=O) groups is 3. The number of hydrogen-bond donors (Lipinski definition) is 4. The van der Waals surface area contributed by atoms with Crippen LogP contribution in [0.1, 0.15) is 37.3 Å². The van der Waals surface area contributed by atoms with Crippen molar-refractivity contribution in [2.45, 2.75) is 44.7 Å². The minimum absolute atomic E-state index is 0.0249. The van der Waals surface area contributed by atoms with Crippen LogP contribution in [0.15, 0.2) is 60.7 Å². The Bertz CT molecular complexity index is 1150. The molecule has 0 saturated carbocycles. The predicted octanol–water partition coefficient (Wildman–Crippen LogP) is 2.42. The van der Waals surface area contributed by atoms with Crippen LogP contribution in [-0.2, 0) is 25.4 Å². The summed E-state index contributed by atoms with van der Waals surface area (Å²) < 4.78 is 15.5. The number of carbonyl (C=O) groups excluding carboxylic acids is 3. The maximum absolute atomic E-state index is 13.2. The monoisotopic (exact) mass is 529 g/mol. The van der Waals surface area contributed by atoms with Crippen LogP contribution < -0.4 is 15.2 Å². The molecular weight excluding hydrogens is 497 g/mol. The number of phosphoric acid groups is 1. The molecule has 4 N–H and O–H groups in total. The number of nitrogens with one attached hydrogen (secondary N) is 2. The van der Waals surface area contributed by atoms with Crippen LogP contribution in [0.5, 0.6) is 5.75 Å². The summed E-state index contributed by atoms with van der Waals surface area (Å²) in [5, 5.41) is 5.44. The maximum atomic E-state index is 13.2. The highest BCUT2D eigenvalue weighted by Gasteiger charge is 2.30. The van der Waals surface area contributed by atoms with Gasteiger partial charge >= 0.3 is 7.82 Å². The summed E-state index contributed by atoms with van der Waals surface area (Å²) in [6.07, 6.45) is 6.11. The Balaban J connectivity index is 1.64. The van der Waals surface area contributed by atoms with Crippen molar-refractivity contribution in [3.8, 4) is 5.75 Å². The first-order chi connectivity index (χ1) is 17.6. The summed E-state index contributed by atoms with van der Waals surface area (Å²) in [5.41, 5.74) is 1.67. The molecule has 0 bridgehead atoms. The highest BCUT2D eigenvalue weighted by molar-refractivity contribution is 7.46. The smallest absolute Gasteiger partial charge is 0.404 e. The molecule has 11 heteroatoms. The minimum Gasteiger partial charge on any atom is -0.404 e. The molecule has 1 aliphatic rings. The third kappa shape index (κ3) is 9.49. The molecule has 0 unspecified atom stereocenters. The Morgan fingerprint density at radius 3 is 2.49 bits per heavy atom. The second-order valence-corrected chi connectivity index (χ2v) is 10.0. The Labute approximate surface area is 215 Å². The van der Waals surface area contributed by atoms with E-state index in [9.17, 15) is 18.9 Å². The van der Waals surface area contributed by atoms with Gasteiger partial charge in [-0.15, -0.1) is 0 Å². The van der Waals surface area contributed by atoms with E-state index in [0.717, 1.165) is 18.4 Å². The van der Waals surface area contributed by atoms with E-state index in [1.807, 2.05) is 42.5 Å². The normalized spacial score (nSPS) is 17.2. The van der Waals surface area contributed by atoms with Crippen LogP contribution in [0.2, 0.25) is 0 Å². The standard InChI is InChI=1S/C26H32N3O7P/c1-19(30)27-24(18-21-12-14-22(15-13-21)36-37(33,34)35)25(31)28-23-11-5-6-16-29(26(23)32)17-7-10-20-8-3-2-4-9-20/h2-4,7-10,12-15,23-24H,5-6,11,16-18H2,1H3,(H,27,30)(H,28,31)(H2,33,34,35)/b10-7+/t23-,24-/m0/s1. The molecule has 37 heavy (non-hydrogen) atoms. The largest absolute Gasteiger partial charge is 0.524 e. The van der Waals surface area contributed by atoms with Gasteiger partial charge in [0.25, 0.3) is 0 Å². The lowest BCUT2D eigenvalue weighted by Crippen LogP contribution is -2.54. The topological polar surface area (TPSA) is 145 Å². The van der Waals surface area contributed by atoms with Crippen LogP contribution in [0.25, 0.3) is 6.08 Å². The quantitative estimate of drug-likeness (QED) is 0.346. The van der Waals surface area contributed by atoms with Gasteiger partial charge in [0.15, 0.2) is 0 Å². The summed E-state index contributed by atoms with van der Waals surface area (Å²) in [4.78, 5) is 57.7. The zero-order valence-corrected chi connectivity index (χ0v) is 21.5. The summed E-state index contributed by atoms with van der Waals surface area (Å²) in [7, 11) is -4.68. The molecule has 1 aliphatic heterocycles. The van der Waals surface area contributed by atoms with Gasteiger partial charge in [-0.2, -0.15) is 0 Å². The number of rotatable bonds is 10. The number of benzene rings is 2. The molecule has 198 valence electrons. The van der Waals surface area contributed by atoms with Crippen molar-refractivity contribution in [1.82, 2.24) is 15.5 Å². The van der Waals surface area contributed by atoms with Crippen molar-refractivity contribution in [3.63, 3.8) is 0 Å². The van der Waals surface area contributed by atoms with E-state index in [1.54, 1.807) is 17.0 Å². The Kier molecular flexibility index (Phi) is 10.0. The molecular formula is C26H32N3O7P. The first kappa shape index (κ1) is 28.1. The third-order valence-corrected chi connectivity index (χ3v) is 6.26. The lowest BCUT2D eigenvalue weighted by Gasteiger charge is -2.26. The average molecular weight is 530 g/mol. The maximum Gasteiger partial charge on any atom is 0.524 e. The molecule has 1 heterocycles. The molecule has 10 nitrogen and oxygen atoms in total. The lowest BCUT2D eigenvalue weighted by atomic mass is 10.0. The molecule has 0 aromatic heterocycles. The Morgan fingerprint density at radius 2 is 1.84 bits per heavy atom. The van der Waals surface area contributed by atoms with E-state index in [-0.39, 0.29) is 18.1 Å². The molecule has 3 rings (SSSR count). The van der Waals surface area contributed by atoms with Crippen LogP contribution >= 0.6 is 7.82 Å². The highest BCUT2D eigenvalue weighted by atomic mass is 31.2. The molecule has 0 spiro atoms. The van der Waals surface area contributed by atoms with Crippen LogP contribution in [-0.4, -0.2) is 57.6 Å². The van der Waals surface area contributed by atoms with Crippen molar-refractivity contribution in [2.75, 3.05) is 13.1 Å². The SMILES string of the molecule is CC(=O)N[C@@H](Cc1ccc(OP(=O)(O)O)cc1)C(=O)N[C@H]1CCCCN(C/C=C/c2ccccc2)C1=O. The fourth-order valence-corrected chi connectivity index (χ4v) is 4.48. The molecule has 0 radical (unpaired) electrons. The van der Waals surface area contributed by atoms with E-state index in [1.165, 1.54) is 19.1 Å².